The molecule has 0 aliphatic rings. The maximum absolute atomic E-state index is 7.08. The van der Waals surface area contributed by atoms with Crippen LogP contribution in [-0.4, -0.2) is 165 Å². The van der Waals surface area contributed by atoms with E-state index in [2.05, 4.69) is 0 Å². The third-order valence-corrected chi connectivity index (χ3v) is 12.1. The van der Waals surface area contributed by atoms with Crippen molar-refractivity contribution in [3.63, 3.8) is 0 Å². The van der Waals surface area contributed by atoms with Gasteiger partial charge in [0.2, 0.25) is 0 Å². The zero-order valence-corrected chi connectivity index (χ0v) is 33.7. The minimum atomic E-state index is -0.175. The zero-order chi connectivity index (χ0) is 46.2. The van der Waals surface area contributed by atoms with Crippen molar-refractivity contribution in [1.29, 1.82) is 0 Å². The summed E-state index contributed by atoms with van der Waals surface area (Å²) < 4.78 is 0. The fraction of sp³-hybridized carbons (Fsp3) is 0. The topological polar surface area (TPSA) is 0 Å². The van der Waals surface area contributed by atoms with E-state index in [9.17, 15) is 0 Å². The fourth-order valence-electron chi connectivity index (χ4n) is 8.68. The Hall–Kier alpha value is -4.10. The van der Waals surface area contributed by atoms with Crippen LogP contribution in [-0.2, 0) is 0 Å². The number of hydrogen-bond acceptors (Lipinski definition) is 0. The second-order valence-electron chi connectivity index (χ2n) is 15.4. The highest BCUT2D eigenvalue weighted by Crippen LogP contribution is 2.40. The van der Waals surface area contributed by atoms with Crippen molar-refractivity contribution in [2.75, 3.05) is 0 Å². The molecule has 8 aromatic rings. The van der Waals surface area contributed by atoms with Gasteiger partial charge in [0.1, 0.15) is 165 Å². The maximum atomic E-state index is 7.08. The predicted octanol–water partition coefficient (Wildman–Crippen LogP) is -13.5. The van der Waals surface area contributed by atoms with E-state index in [1.54, 1.807) is 0 Å². The first-order chi connectivity index (χ1) is 29.6. The Morgan fingerprint density at radius 2 is 0.429 bits per heavy atom. The molecule has 0 aliphatic heterocycles. The molecule has 0 bridgehead atoms. The maximum Gasteiger partial charge on any atom is 0.113 e. The zero-order valence-electron chi connectivity index (χ0n) is 33.7. The second-order valence-corrected chi connectivity index (χ2v) is 15.4. The van der Waals surface area contributed by atoms with Crippen LogP contribution in [0.5, 0.6) is 0 Å². The van der Waals surface area contributed by atoms with Crippen LogP contribution in [0.3, 0.4) is 0 Å². The highest BCUT2D eigenvalue weighted by molar-refractivity contribution is 6.75. The van der Waals surface area contributed by atoms with Crippen molar-refractivity contribution in [3.8, 4) is 44.5 Å². The van der Waals surface area contributed by atoms with Crippen LogP contribution in [0, 0.1) is 0 Å². The normalized spacial score (nSPS) is 11.6. The van der Waals surface area contributed by atoms with Crippen LogP contribution in [0.25, 0.3) is 76.8 Å². The summed E-state index contributed by atoms with van der Waals surface area (Å²) in [4.78, 5) is 0. The minimum absolute atomic E-state index is 0.00458. The lowest BCUT2D eigenvalue weighted by atomic mass is 9.54. The third-order valence-electron chi connectivity index (χ3n) is 12.1. The molecule has 8 rings (SSSR count). The molecule has 63 heavy (non-hydrogen) atoms. The summed E-state index contributed by atoms with van der Waals surface area (Å²) in [5.41, 5.74) is -0.359. The van der Waals surface area contributed by atoms with Crippen molar-refractivity contribution in [2.24, 2.45) is 0 Å². The Bertz CT molecular complexity index is 3240. The van der Waals surface area contributed by atoms with Crippen molar-refractivity contribution in [2.45, 2.75) is 0 Å². The van der Waals surface area contributed by atoms with Crippen molar-refractivity contribution in [3.05, 3.63) is 42.5 Å². The molecule has 0 nitrogen and oxygen atoms in total. The van der Waals surface area contributed by atoms with Gasteiger partial charge in [-0.25, -0.2) is 0 Å². The molecule has 0 unspecified atom stereocenters. The lowest BCUT2D eigenvalue weighted by Crippen LogP contribution is -2.57. The van der Waals surface area contributed by atoms with Crippen LogP contribution in [0.1, 0.15) is 0 Å². The molecule has 42 radical (unpaired) electrons. The highest BCUT2D eigenvalue weighted by Gasteiger charge is 2.29. The van der Waals surface area contributed by atoms with E-state index >= 15 is 0 Å². The second kappa shape index (κ2) is 16.1. The van der Waals surface area contributed by atoms with Gasteiger partial charge in [0.25, 0.3) is 0 Å². The van der Waals surface area contributed by atoms with Crippen LogP contribution in [0.4, 0.5) is 0 Å². The van der Waals surface area contributed by atoms with Gasteiger partial charge in [-0.1, -0.05) is 113 Å². The standard InChI is InChI=1S/C42H7B21/c43-22-13-11(10-6-5-8-3-1-2-4-9(8)7-10)14-16(25(46)39(60)37(58)23(14)44)12(15(13)24(45)38(59)36(22)57)17-26(47)28(49)18(29(50)27(17)48)19-30(51)32(53)20(33(54)31(19)52)21-34(55)40(61)42(63)41(62)35(21)56/h1-7H. The van der Waals surface area contributed by atoms with E-state index in [1.807, 2.05) is 42.5 Å². The number of hydrogen-bond donors (Lipinski definition) is 0. The fourth-order valence-corrected chi connectivity index (χ4v) is 8.68. The van der Waals surface area contributed by atoms with E-state index in [0.717, 1.165) is 10.8 Å². The first-order valence-electron chi connectivity index (χ1n) is 18.9. The van der Waals surface area contributed by atoms with Gasteiger partial charge in [0.15, 0.2) is 0 Å². The summed E-state index contributed by atoms with van der Waals surface area (Å²) in [6.07, 6.45) is 0. The molecule has 0 aromatic heterocycles. The molecule has 8 aromatic carbocycles. The average Bonchev–Trinajstić information content (AvgIpc) is 3.27. The molecule has 0 atom stereocenters. The first kappa shape index (κ1) is 45.5. The van der Waals surface area contributed by atoms with Crippen LogP contribution in [0.15, 0.2) is 42.5 Å². The summed E-state index contributed by atoms with van der Waals surface area (Å²) in [7, 11) is 140. The van der Waals surface area contributed by atoms with Crippen molar-refractivity contribution in [1.82, 2.24) is 0 Å². The summed E-state index contributed by atoms with van der Waals surface area (Å²) in [5, 5.41) is 2.88. The molecule has 21 heteroatoms. The highest BCUT2D eigenvalue weighted by atomic mass is 14.3. The van der Waals surface area contributed by atoms with E-state index in [0.29, 0.717) is 21.9 Å². The van der Waals surface area contributed by atoms with Gasteiger partial charge in [0.05, 0.1) is 0 Å². The van der Waals surface area contributed by atoms with Gasteiger partial charge in [-0.05, 0) is 82.9 Å². The molecule has 0 saturated heterocycles. The van der Waals surface area contributed by atoms with Crippen molar-refractivity contribution >= 4 is 312 Å². The van der Waals surface area contributed by atoms with Crippen molar-refractivity contribution < 1.29 is 0 Å². The van der Waals surface area contributed by atoms with E-state index in [-0.39, 0.29) is 159 Å². The first-order valence-corrected chi connectivity index (χ1v) is 18.9. The molecule has 238 valence electrons. The molecule has 0 amide bonds. The summed E-state index contributed by atoms with van der Waals surface area (Å²) in [6, 6.07) is 13.5. The van der Waals surface area contributed by atoms with Crippen LogP contribution < -0.4 is 115 Å². The van der Waals surface area contributed by atoms with Gasteiger partial charge in [0, 0.05) is 0 Å². The smallest absolute Gasteiger partial charge is 0.112 e. The quantitative estimate of drug-likeness (QED) is 0.125. The summed E-state index contributed by atoms with van der Waals surface area (Å²) >= 11 is 0. The predicted molar refractivity (Wildman–Crippen MR) is 294 cm³/mol. The van der Waals surface area contributed by atoms with Crippen LogP contribution in [0.2, 0.25) is 0 Å². The molecular weight excluding hydrogens is 732 g/mol. The molecule has 0 spiro atoms. The Balaban J connectivity index is 1.54. The third kappa shape index (κ3) is 6.42. The number of rotatable bonds is 4. The van der Waals surface area contributed by atoms with Gasteiger partial charge in [-0.3, -0.25) is 0 Å². The Morgan fingerprint density at radius 3 is 0.762 bits per heavy atom. The van der Waals surface area contributed by atoms with E-state index in [1.165, 1.54) is 0 Å². The lowest BCUT2D eigenvalue weighted by Gasteiger charge is -2.33. The molecule has 0 fully saturated rings. The molecule has 0 aliphatic carbocycles. The molecule has 0 heterocycles. The van der Waals surface area contributed by atoms with Gasteiger partial charge < -0.3 is 0 Å². The monoisotopic (exact) mass is 742 g/mol. The van der Waals surface area contributed by atoms with Gasteiger partial charge in [-0.2, -0.15) is 0 Å². The minimum Gasteiger partial charge on any atom is -0.112 e. The van der Waals surface area contributed by atoms with Gasteiger partial charge in [-0.15, -0.1) is 38.2 Å². The Morgan fingerprint density at radius 1 is 0.190 bits per heavy atom. The van der Waals surface area contributed by atoms with Gasteiger partial charge >= 0.3 is 0 Å². The lowest BCUT2D eigenvalue weighted by molar-refractivity contribution is 1.73. The SMILES string of the molecule is [B]c1c([B])c([B])c(-c2c([B])c([B])c(-c3c([B])c([B])c(-c4c5c([B])c([B])c([B])c([B])c5c(-c5ccc6ccccc6c5)c5c([B])c([B])c([B])c([B])c45)c([B])c3[B])c([B])c2[B])c([B])c1[B]. The largest absolute Gasteiger partial charge is 0.113 e. The average molecular weight is 739 g/mol. The number of benzene rings is 8. The Labute approximate surface area is 396 Å². The number of fused-ring (bicyclic) bond motifs is 3. The Kier molecular flexibility index (Phi) is 11.6. The molecule has 0 N–H and O–H groups in total. The summed E-state index contributed by atoms with van der Waals surface area (Å²) in [6.45, 7) is 0. The van der Waals surface area contributed by atoms with E-state index in [4.69, 9.17) is 165 Å². The summed E-state index contributed by atoms with van der Waals surface area (Å²) in [5.74, 6) is 0. The molecule has 0 saturated carbocycles. The van der Waals surface area contributed by atoms with E-state index < -0.39 is 0 Å². The molecular formula is C42H7B21. The van der Waals surface area contributed by atoms with Crippen LogP contribution >= 0.6 is 0 Å².